The summed E-state index contributed by atoms with van der Waals surface area (Å²) >= 11 is 0. The third-order valence-electron chi connectivity index (χ3n) is 12.0. The number of aromatic nitrogens is 3. The van der Waals surface area contributed by atoms with Crippen molar-refractivity contribution >= 4 is 21.8 Å². The smallest absolute Gasteiger partial charge is 0.160 e. The van der Waals surface area contributed by atoms with E-state index in [0.717, 1.165) is 33.6 Å². The van der Waals surface area contributed by atoms with Gasteiger partial charge in [0.25, 0.3) is 0 Å². The van der Waals surface area contributed by atoms with Gasteiger partial charge in [0.05, 0.1) is 33.5 Å². The fourth-order valence-corrected chi connectivity index (χ4v) is 9.62. The molecule has 0 amide bonds. The van der Waals surface area contributed by atoms with Gasteiger partial charge in [-0.05, 0) is 56.6 Å². The summed E-state index contributed by atoms with van der Waals surface area (Å²) in [5.74, 6) is 0.716. The lowest BCUT2D eigenvalue weighted by molar-refractivity contribution is 0.720. The molecule has 1 unspecified atom stereocenters. The van der Waals surface area contributed by atoms with Crippen LogP contribution >= 0.6 is 0 Å². The molecule has 12 rings (SSSR count). The van der Waals surface area contributed by atoms with Crippen LogP contribution in [0.15, 0.2) is 200 Å². The highest BCUT2D eigenvalue weighted by atomic mass is 15.0. The van der Waals surface area contributed by atoms with Crippen LogP contribution < -0.4 is 0 Å². The summed E-state index contributed by atoms with van der Waals surface area (Å²) in [6.45, 7) is 0. The van der Waals surface area contributed by atoms with Crippen molar-refractivity contribution in [2.24, 2.45) is 0 Å². The largest absolute Gasteiger partial charge is 0.309 e. The maximum atomic E-state index is 5.76. The number of para-hydroxylation sites is 3. The summed E-state index contributed by atoms with van der Waals surface area (Å²) in [7, 11) is 0. The van der Waals surface area contributed by atoms with Crippen LogP contribution in [0.25, 0.3) is 83.5 Å². The molecule has 0 fully saturated rings. The lowest BCUT2D eigenvalue weighted by Gasteiger charge is -2.38. The summed E-state index contributed by atoms with van der Waals surface area (Å²) < 4.78 is 2.48. The Bertz CT molecular complexity index is 3160. The second-order valence-electron chi connectivity index (χ2n) is 14.9. The van der Waals surface area contributed by atoms with Gasteiger partial charge in [0.1, 0.15) is 0 Å². The number of benzene rings is 8. The van der Waals surface area contributed by atoms with Gasteiger partial charge in [-0.15, -0.1) is 0 Å². The second-order valence-corrected chi connectivity index (χ2v) is 14.9. The third kappa shape index (κ3) is 4.22. The first-order valence-corrected chi connectivity index (χ1v) is 19.3. The highest BCUT2D eigenvalue weighted by Gasteiger charge is 2.53. The molecule has 0 saturated carbocycles. The first-order valence-electron chi connectivity index (χ1n) is 19.3. The van der Waals surface area contributed by atoms with Gasteiger partial charge in [0, 0.05) is 27.5 Å². The Morgan fingerprint density at radius 2 is 0.911 bits per heavy atom. The molecule has 3 nitrogen and oxygen atoms in total. The van der Waals surface area contributed by atoms with Crippen LogP contribution in [0.1, 0.15) is 22.4 Å². The quantitative estimate of drug-likeness (QED) is 0.182. The Balaban J connectivity index is 1.19. The monoisotopic (exact) mass is 711 g/mol. The molecule has 1 aliphatic carbocycles. The Labute approximate surface area is 324 Å². The van der Waals surface area contributed by atoms with Gasteiger partial charge in [-0.1, -0.05) is 188 Å². The van der Waals surface area contributed by atoms with Crippen LogP contribution in [-0.4, -0.2) is 14.5 Å². The molecule has 0 radical (unpaired) electrons. The zero-order valence-electron chi connectivity index (χ0n) is 30.4. The van der Waals surface area contributed by atoms with Gasteiger partial charge in [-0.2, -0.15) is 0 Å². The van der Waals surface area contributed by atoms with Crippen LogP contribution in [0.2, 0.25) is 0 Å². The van der Waals surface area contributed by atoms with E-state index < -0.39 is 5.41 Å². The van der Waals surface area contributed by atoms with E-state index >= 15 is 0 Å². The van der Waals surface area contributed by atoms with Crippen molar-refractivity contribution in [2.75, 3.05) is 0 Å². The predicted octanol–water partition coefficient (Wildman–Crippen LogP) is 12.9. The van der Waals surface area contributed by atoms with Crippen LogP contribution in [0.5, 0.6) is 0 Å². The van der Waals surface area contributed by atoms with E-state index in [4.69, 9.17) is 9.97 Å². The average molecular weight is 712 g/mol. The maximum absolute atomic E-state index is 5.76. The summed E-state index contributed by atoms with van der Waals surface area (Å²) in [5.41, 5.74) is 17.6. The molecule has 2 aromatic heterocycles. The zero-order chi connectivity index (χ0) is 36.8. The number of fused-ring (bicyclic) bond motifs is 12. The summed E-state index contributed by atoms with van der Waals surface area (Å²) in [6, 6.07) is 72.3. The molecular formula is C53H33N3. The maximum Gasteiger partial charge on any atom is 0.160 e. The SMILES string of the molecule is c1ccc(-c2ccc(-c3nc(-c4ccc(-c5ccccc5)cc4)c4c(n3)C3(c5ccccc5-4)c4ccccc4-n4c5ccccc5c5cccc3c54)cc2)cc1. The van der Waals surface area contributed by atoms with Crippen molar-refractivity contribution in [1.82, 2.24) is 14.5 Å². The Morgan fingerprint density at radius 3 is 1.64 bits per heavy atom. The normalized spacial score (nSPS) is 14.9. The third-order valence-corrected chi connectivity index (χ3v) is 12.0. The van der Waals surface area contributed by atoms with Crippen molar-refractivity contribution in [3.8, 4) is 61.7 Å². The number of nitrogens with zero attached hydrogens (tertiary/aromatic N) is 3. The van der Waals surface area contributed by atoms with E-state index in [1.807, 2.05) is 0 Å². The molecule has 0 N–H and O–H groups in total. The van der Waals surface area contributed by atoms with E-state index in [1.54, 1.807) is 0 Å². The molecule has 56 heavy (non-hydrogen) atoms. The summed E-state index contributed by atoms with van der Waals surface area (Å²) in [4.78, 5) is 11.3. The van der Waals surface area contributed by atoms with Gasteiger partial charge in [0.2, 0.25) is 0 Å². The Kier molecular flexibility index (Phi) is 6.55. The molecule has 3 heterocycles. The predicted molar refractivity (Wildman–Crippen MR) is 229 cm³/mol. The first kappa shape index (κ1) is 31.0. The highest BCUT2D eigenvalue weighted by molar-refractivity contribution is 6.13. The molecule has 0 saturated heterocycles. The van der Waals surface area contributed by atoms with Crippen LogP contribution in [0.3, 0.4) is 0 Å². The van der Waals surface area contributed by atoms with Crippen molar-refractivity contribution < 1.29 is 0 Å². The van der Waals surface area contributed by atoms with E-state index in [9.17, 15) is 0 Å². The van der Waals surface area contributed by atoms with Gasteiger partial charge in [0.15, 0.2) is 5.82 Å². The summed E-state index contributed by atoms with van der Waals surface area (Å²) in [5, 5.41) is 2.50. The van der Waals surface area contributed by atoms with Crippen LogP contribution in [0.4, 0.5) is 0 Å². The molecule has 1 spiro atoms. The fourth-order valence-electron chi connectivity index (χ4n) is 9.62. The van der Waals surface area contributed by atoms with E-state index in [2.05, 4.69) is 205 Å². The fraction of sp³-hybridized carbons (Fsp3) is 0.0189. The molecule has 2 aliphatic rings. The van der Waals surface area contributed by atoms with Crippen molar-refractivity contribution in [1.29, 1.82) is 0 Å². The standard InChI is InChI=1S/C53H33N3/c1-3-14-34(15-4-1)36-26-30-38(31-27-36)49-48-42-19-7-9-21-43(42)53(51(48)55-52(54-49)39-32-28-37(29-33-39)35-16-5-2-6-17-35)44-22-10-12-25-47(44)56-46-24-11-8-18-40(46)41-20-13-23-45(53)50(41)56/h1-33H. The molecule has 10 aromatic rings. The van der Waals surface area contributed by atoms with E-state index in [0.29, 0.717) is 5.82 Å². The molecule has 8 aromatic carbocycles. The molecule has 1 atom stereocenters. The zero-order valence-corrected chi connectivity index (χ0v) is 30.4. The van der Waals surface area contributed by atoms with Crippen LogP contribution in [-0.2, 0) is 5.41 Å². The van der Waals surface area contributed by atoms with Crippen LogP contribution in [0, 0.1) is 0 Å². The molecule has 3 heteroatoms. The number of hydrogen-bond donors (Lipinski definition) is 0. The average Bonchev–Trinajstić information content (AvgIpc) is 3.77. The van der Waals surface area contributed by atoms with Crippen molar-refractivity contribution in [2.45, 2.75) is 5.41 Å². The second kappa shape index (κ2) is 11.8. The molecule has 0 bridgehead atoms. The first-order chi connectivity index (χ1) is 27.8. The Morgan fingerprint density at radius 1 is 0.375 bits per heavy atom. The highest BCUT2D eigenvalue weighted by Crippen LogP contribution is 2.61. The molecular weight excluding hydrogens is 679 g/mol. The van der Waals surface area contributed by atoms with Crippen molar-refractivity contribution in [3.63, 3.8) is 0 Å². The van der Waals surface area contributed by atoms with Gasteiger partial charge in [-0.25, -0.2) is 9.97 Å². The molecule has 1 aliphatic heterocycles. The van der Waals surface area contributed by atoms with Gasteiger partial charge < -0.3 is 4.57 Å². The lowest BCUT2D eigenvalue weighted by atomic mass is 9.67. The van der Waals surface area contributed by atoms with Gasteiger partial charge in [-0.3, -0.25) is 0 Å². The number of hydrogen-bond acceptors (Lipinski definition) is 2. The summed E-state index contributed by atoms with van der Waals surface area (Å²) in [6.07, 6.45) is 0. The topological polar surface area (TPSA) is 30.7 Å². The lowest BCUT2D eigenvalue weighted by Crippen LogP contribution is -2.34. The molecule has 260 valence electrons. The van der Waals surface area contributed by atoms with Gasteiger partial charge >= 0.3 is 0 Å². The minimum absolute atomic E-state index is 0.688. The minimum Gasteiger partial charge on any atom is -0.309 e. The number of rotatable bonds is 4. The Hall–Kier alpha value is -7.36. The minimum atomic E-state index is -0.688. The van der Waals surface area contributed by atoms with E-state index in [-0.39, 0.29) is 0 Å². The van der Waals surface area contributed by atoms with Crippen molar-refractivity contribution in [3.05, 3.63) is 223 Å². The van der Waals surface area contributed by atoms with E-state index in [1.165, 1.54) is 66.4 Å².